The van der Waals surface area contributed by atoms with Crippen LogP contribution in [-0.4, -0.2) is 61.2 Å². The monoisotopic (exact) mass is 508 g/mol. The van der Waals surface area contributed by atoms with Crippen LogP contribution in [0.4, 0.5) is 0 Å². The Morgan fingerprint density at radius 3 is 2.97 bits per heavy atom. The number of aromatic nitrogens is 5. The van der Waals surface area contributed by atoms with E-state index < -0.39 is 0 Å². The van der Waals surface area contributed by atoms with Gasteiger partial charge in [0.25, 0.3) is 0 Å². The van der Waals surface area contributed by atoms with Gasteiger partial charge in [0.15, 0.2) is 11.6 Å². The van der Waals surface area contributed by atoms with Crippen molar-refractivity contribution < 1.29 is 0 Å². The Labute approximate surface area is 188 Å². The third kappa shape index (κ3) is 4.88. The normalized spacial score (nSPS) is 19.9. The molecule has 4 heterocycles. The molecule has 1 aliphatic heterocycles. The molecule has 2 unspecified atom stereocenters. The maximum atomic E-state index is 4.89. The molecule has 4 rings (SSSR count). The molecule has 0 bridgehead atoms. The zero-order valence-electron chi connectivity index (χ0n) is 17.0. The molecule has 0 spiro atoms. The summed E-state index contributed by atoms with van der Waals surface area (Å²) >= 11 is 0. The molecule has 1 fully saturated rings. The van der Waals surface area contributed by atoms with E-state index in [4.69, 9.17) is 4.99 Å². The van der Waals surface area contributed by atoms with Crippen LogP contribution < -0.4 is 5.32 Å². The second-order valence-corrected chi connectivity index (χ2v) is 7.32. The van der Waals surface area contributed by atoms with E-state index in [1.54, 1.807) is 0 Å². The van der Waals surface area contributed by atoms with Crippen LogP contribution >= 0.6 is 24.0 Å². The van der Waals surface area contributed by atoms with Crippen molar-refractivity contribution >= 4 is 35.6 Å². The van der Waals surface area contributed by atoms with Gasteiger partial charge >= 0.3 is 0 Å². The van der Waals surface area contributed by atoms with Gasteiger partial charge in [-0.2, -0.15) is 0 Å². The number of guanidine groups is 1. The summed E-state index contributed by atoms with van der Waals surface area (Å²) in [5.41, 5.74) is 0.876. The zero-order chi connectivity index (χ0) is 19.3. The lowest BCUT2D eigenvalue weighted by Gasteiger charge is -2.39. The number of hydrogen-bond acceptors (Lipinski definition) is 4. The largest absolute Gasteiger partial charge is 0.357 e. The van der Waals surface area contributed by atoms with E-state index in [1.807, 2.05) is 41.3 Å². The molecule has 1 saturated heterocycles. The second kappa shape index (κ2) is 10.0. The summed E-state index contributed by atoms with van der Waals surface area (Å²) in [6, 6.07) is 6.36. The number of nitrogens with zero attached hydrogens (tertiary/aromatic N) is 7. The van der Waals surface area contributed by atoms with E-state index in [0.29, 0.717) is 18.5 Å². The highest BCUT2D eigenvalue weighted by Crippen LogP contribution is 2.27. The number of halogens is 1. The molecule has 1 aliphatic rings. The summed E-state index contributed by atoms with van der Waals surface area (Å²) in [5.74, 6) is 2.54. The third-order valence-corrected chi connectivity index (χ3v) is 5.44. The number of piperidine rings is 1. The van der Waals surface area contributed by atoms with Crippen LogP contribution in [0, 0.1) is 5.92 Å². The molecule has 0 saturated carbocycles. The number of likely N-dealkylation sites (tertiary alicyclic amines) is 1. The number of imidazole rings is 1. The Kier molecular flexibility index (Phi) is 7.45. The van der Waals surface area contributed by atoms with Gasteiger partial charge < -0.3 is 14.8 Å². The number of hydrogen-bond donors (Lipinski definition) is 1. The summed E-state index contributed by atoms with van der Waals surface area (Å²) in [5, 5.41) is 12.0. The minimum atomic E-state index is 0. The van der Waals surface area contributed by atoms with Gasteiger partial charge in [0.2, 0.25) is 0 Å². The third-order valence-electron chi connectivity index (χ3n) is 5.44. The zero-order valence-corrected chi connectivity index (χ0v) is 19.3. The van der Waals surface area contributed by atoms with Gasteiger partial charge in [-0.15, -0.1) is 34.2 Å². The maximum absolute atomic E-state index is 4.89. The summed E-state index contributed by atoms with van der Waals surface area (Å²) in [6.07, 6.45) is 9.74. The lowest BCUT2D eigenvalue weighted by molar-refractivity contribution is 0.189. The van der Waals surface area contributed by atoms with Crippen molar-refractivity contribution in [3.63, 3.8) is 0 Å². The lowest BCUT2D eigenvalue weighted by Crippen LogP contribution is -2.49. The highest BCUT2D eigenvalue weighted by molar-refractivity contribution is 14.0. The van der Waals surface area contributed by atoms with Crippen molar-refractivity contribution in [3.05, 3.63) is 48.9 Å². The number of aliphatic imine (C=N–C) groups is 1. The average molecular weight is 508 g/mol. The van der Waals surface area contributed by atoms with Gasteiger partial charge in [-0.1, -0.05) is 13.0 Å². The summed E-state index contributed by atoms with van der Waals surface area (Å²) in [7, 11) is 0. The minimum Gasteiger partial charge on any atom is -0.357 e. The second-order valence-electron chi connectivity index (χ2n) is 7.32. The molecule has 1 N–H and O–H groups in total. The Morgan fingerprint density at radius 2 is 2.17 bits per heavy atom. The van der Waals surface area contributed by atoms with E-state index >= 15 is 0 Å². The van der Waals surface area contributed by atoms with Crippen molar-refractivity contribution in [2.24, 2.45) is 10.9 Å². The minimum absolute atomic E-state index is 0. The Hall–Kier alpha value is -2.17. The predicted molar refractivity (Wildman–Crippen MR) is 125 cm³/mol. The molecule has 0 aliphatic carbocycles. The van der Waals surface area contributed by atoms with E-state index in [0.717, 1.165) is 49.9 Å². The van der Waals surface area contributed by atoms with Crippen molar-refractivity contribution in [1.29, 1.82) is 0 Å². The van der Waals surface area contributed by atoms with E-state index in [-0.39, 0.29) is 24.0 Å². The topological polar surface area (TPSA) is 75.6 Å². The fraction of sp³-hybridized carbons (Fsp3) is 0.500. The standard InChI is InChI=1S/C20H28N8.HI/c1-3-22-20(23-9-7-19-25-24-18-6-4-5-11-28(18)19)26-12-8-16(2)17(14-26)27-13-10-21-15-27;/h4-6,10-11,13,15-17H,3,7-9,12,14H2,1-2H3,(H,22,23);1H. The first-order valence-corrected chi connectivity index (χ1v) is 10.1. The van der Waals surface area contributed by atoms with Crippen LogP contribution in [0.5, 0.6) is 0 Å². The molecular formula is C20H29IN8. The number of fused-ring (bicyclic) bond motifs is 1. The van der Waals surface area contributed by atoms with E-state index in [9.17, 15) is 0 Å². The first-order chi connectivity index (χ1) is 13.8. The van der Waals surface area contributed by atoms with Crippen LogP contribution in [0.25, 0.3) is 5.65 Å². The molecular weight excluding hydrogens is 479 g/mol. The van der Waals surface area contributed by atoms with Gasteiger partial charge in [-0.25, -0.2) is 4.98 Å². The first-order valence-electron chi connectivity index (χ1n) is 10.1. The fourth-order valence-electron chi connectivity index (χ4n) is 3.84. The van der Waals surface area contributed by atoms with Crippen LogP contribution in [0.1, 0.15) is 32.1 Å². The van der Waals surface area contributed by atoms with Crippen LogP contribution in [0.2, 0.25) is 0 Å². The van der Waals surface area contributed by atoms with Gasteiger partial charge in [0.05, 0.1) is 12.4 Å². The molecule has 9 heteroatoms. The van der Waals surface area contributed by atoms with Gasteiger partial charge in [0, 0.05) is 51.2 Å². The lowest BCUT2D eigenvalue weighted by atomic mass is 9.93. The Balaban J connectivity index is 0.00000240. The molecule has 3 aromatic rings. The summed E-state index contributed by atoms with van der Waals surface area (Å²) in [4.78, 5) is 11.5. The molecule has 3 aromatic heterocycles. The van der Waals surface area contributed by atoms with E-state index in [1.165, 1.54) is 0 Å². The number of nitrogens with one attached hydrogen (secondary N) is 1. The van der Waals surface area contributed by atoms with Crippen LogP contribution in [-0.2, 0) is 6.42 Å². The highest BCUT2D eigenvalue weighted by Gasteiger charge is 2.28. The molecule has 8 nitrogen and oxygen atoms in total. The summed E-state index contributed by atoms with van der Waals surface area (Å²) in [6.45, 7) is 7.93. The van der Waals surface area contributed by atoms with Crippen molar-refractivity contribution in [2.75, 3.05) is 26.2 Å². The SMILES string of the molecule is CCNC(=NCCc1nnc2ccccn12)N1CCC(C)C(n2ccnc2)C1.I. The van der Waals surface area contributed by atoms with Crippen molar-refractivity contribution in [2.45, 2.75) is 32.7 Å². The van der Waals surface area contributed by atoms with Gasteiger partial charge in [0.1, 0.15) is 5.82 Å². The number of rotatable bonds is 5. The van der Waals surface area contributed by atoms with E-state index in [2.05, 4.69) is 50.0 Å². The Morgan fingerprint density at radius 1 is 1.28 bits per heavy atom. The molecule has 0 amide bonds. The number of pyridine rings is 1. The van der Waals surface area contributed by atoms with Crippen LogP contribution in [0.15, 0.2) is 48.1 Å². The van der Waals surface area contributed by atoms with Crippen molar-refractivity contribution in [1.82, 2.24) is 34.4 Å². The van der Waals surface area contributed by atoms with Crippen molar-refractivity contribution in [3.8, 4) is 0 Å². The fourth-order valence-corrected chi connectivity index (χ4v) is 3.84. The van der Waals surface area contributed by atoms with Gasteiger partial charge in [-0.05, 0) is 31.4 Å². The Bertz CT molecular complexity index is 920. The smallest absolute Gasteiger partial charge is 0.193 e. The first kappa shape index (κ1) is 21.5. The molecule has 156 valence electrons. The molecule has 29 heavy (non-hydrogen) atoms. The molecule has 0 aromatic carbocycles. The van der Waals surface area contributed by atoms with Gasteiger partial charge in [-0.3, -0.25) is 9.39 Å². The molecule has 2 atom stereocenters. The van der Waals surface area contributed by atoms with Crippen LogP contribution in [0.3, 0.4) is 0 Å². The highest BCUT2D eigenvalue weighted by atomic mass is 127. The molecule has 0 radical (unpaired) electrons. The summed E-state index contributed by atoms with van der Waals surface area (Å²) < 4.78 is 4.25. The average Bonchev–Trinajstić information content (AvgIpc) is 3.38. The quantitative estimate of drug-likeness (QED) is 0.326. The predicted octanol–water partition coefficient (Wildman–Crippen LogP) is 2.63. The maximum Gasteiger partial charge on any atom is 0.193 e.